The highest BCUT2D eigenvalue weighted by atomic mass is 35.5. The first kappa shape index (κ1) is 1.43. The molecule has 1 nitrogen and oxygen atoms in total. The minimum atomic E-state index is -1.06. The van der Waals surface area contributed by atoms with Crippen molar-refractivity contribution in [3.05, 3.63) is 12.6 Å². The Morgan fingerprint density at radius 2 is 3.20 bits per heavy atom. The summed E-state index contributed by atoms with van der Waals surface area (Å²) in [5.41, 5.74) is 0. The number of carbonyl (C=O) groups excluding carboxylic acids is 1. The van der Waals surface area contributed by atoms with Gasteiger partial charge in [-0.05, 0) is 17.7 Å². The van der Waals surface area contributed by atoms with Gasteiger partial charge in [-0.25, -0.2) is 0 Å². The molecule has 0 aliphatic heterocycles. The van der Waals surface area contributed by atoms with Crippen molar-refractivity contribution < 1.29 is 8.91 Å². The second-order valence-corrected chi connectivity index (χ2v) is 0.742. The van der Waals surface area contributed by atoms with E-state index in [1.54, 1.807) is 0 Å². The average molecular weight is 93.5 g/mol. The topological polar surface area (TPSA) is 17.1 Å². The van der Waals surface area contributed by atoms with Crippen LogP contribution in [0.15, 0.2) is 12.6 Å². The molecule has 0 bridgehead atoms. The van der Waals surface area contributed by atoms with Gasteiger partial charge < -0.3 is 0 Å². The van der Waals surface area contributed by atoms with Crippen LogP contribution < -0.4 is 0 Å². The van der Waals surface area contributed by atoms with Crippen molar-refractivity contribution in [2.24, 2.45) is 0 Å². The number of hydrogen-bond donors (Lipinski definition) is 0. The molecule has 0 radical (unpaired) electrons. The zero-order valence-corrected chi connectivity index (χ0v) is 3.04. The van der Waals surface area contributed by atoms with E-state index in [1.807, 2.05) is 0 Å². The van der Waals surface area contributed by atoms with Crippen LogP contribution in [0.25, 0.3) is 0 Å². The highest BCUT2D eigenvalue weighted by Crippen LogP contribution is 1.74. The molecule has 0 unspecified atom stereocenters. The summed E-state index contributed by atoms with van der Waals surface area (Å²) < 4.78 is 19.2. The molecule has 0 amide bonds. The predicted octanol–water partition coefficient (Wildman–Crippen LogP) is 0.938. The molecule has 0 heterocycles. The second-order valence-electron chi connectivity index (χ2n) is 0.399. The summed E-state index contributed by atoms with van der Waals surface area (Å²) in [6, 6.07) is -0.772. The maximum atomic E-state index is 9.87. The lowest BCUT2D eigenvalue weighted by Crippen LogP contribution is -1.67. The third-order valence-electron chi connectivity index (χ3n) is 0.0983. The van der Waals surface area contributed by atoms with E-state index in [4.69, 9.17) is 15.7 Å². The van der Waals surface area contributed by atoms with E-state index in [1.165, 1.54) is 0 Å². The van der Waals surface area contributed by atoms with Crippen LogP contribution in [0.4, 0.5) is 0 Å². The van der Waals surface area contributed by atoms with Gasteiger partial charge in [0.2, 0.25) is 5.24 Å². The van der Waals surface area contributed by atoms with Crippen LogP contribution in [-0.2, 0) is 4.79 Å². The van der Waals surface area contributed by atoms with Crippen LogP contribution in [0.5, 0.6) is 0 Å². The molecule has 0 atom stereocenters. The SMILES string of the molecule is [2H]C([2H])=C([2H])C(=O)Cl. The third-order valence-corrected chi connectivity index (χ3v) is 0.193. The van der Waals surface area contributed by atoms with Gasteiger partial charge in [-0.15, -0.1) is 0 Å². The smallest absolute Gasteiger partial charge is 0.244 e. The van der Waals surface area contributed by atoms with Gasteiger partial charge in [-0.3, -0.25) is 4.79 Å². The van der Waals surface area contributed by atoms with E-state index in [-0.39, 0.29) is 0 Å². The van der Waals surface area contributed by atoms with Crippen LogP contribution in [-0.4, -0.2) is 5.24 Å². The molecule has 28 valence electrons. The van der Waals surface area contributed by atoms with E-state index in [0.29, 0.717) is 0 Å². The molecule has 0 aromatic carbocycles. The highest BCUT2D eigenvalue weighted by molar-refractivity contribution is 6.66. The van der Waals surface area contributed by atoms with Crippen molar-refractivity contribution in [2.75, 3.05) is 0 Å². The molecule has 0 N–H and O–H groups in total. The van der Waals surface area contributed by atoms with Crippen LogP contribution >= 0.6 is 11.6 Å². The fourth-order valence-electron chi connectivity index (χ4n) is 0. The van der Waals surface area contributed by atoms with E-state index in [2.05, 4.69) is 0 Å². The summed E-state index contributed by atoms with van der Waals surface area (Å²) in [4.78, 5) is 9.87. The summed E-state index contributed by atoms with van der Waals surface area (Å²) in [6.07, 6.45) is 0. The van der Waals surface area contributed by atoms with Gasteiger partial charge in [0.15, 0.2) is 0 Å². The summed E-state index contributed by atoms with van der Waals surface area (Å²) in [6.45, 7) is -0.856. The zero-order chi connectivity index (χ0) is 6.73. The molecule has 0 saturated heterocycles. The zero-order valence-electron chi connectivity index (χ0n) is 5.29. The predicted molar refractivity (Wildman–Crippen MR) is 21.1 cm³/mol. The van der Waals surface area contributed by atoms with Crippen molar-refractivity contribution in [3.63, 3.8) is 0 Å². The number of rotatable bonds is 1. The van der Waals surface area contributed by atoms with Crippen molar-refractivity contribution in [1.29, 1.82) is 0 Å². The average Bonchev–Trinajstić information content (AvgIpc) is 1.64. The first-order valence-electron chi connectivity index (χ1n) is 2.39. The monoisotopic (exact) mass is 93.0 g/mol. The van der Waals surface area contributed by atoms with Crippen LogP contribution in [0.1, 0.15) is 4.11 Å². The first-order valence-corrected chi connectivity index (χ1v) is 1.27. The third kappa shape index (κ3) is 3.70. The van der Waals surface area contributed by atoms with E-state index in [9.17, 15) is 4.79 Å². The molecular weight excluding hydrogens is 87.5 g/mol. The fraction of sp³-hybridized carbons (Fsp3) is 0. The van der Waals surface area contributed by atoms with Gasteiger partial charge in [0, 0.05) is 0 Å². The molecule has 2 heteroatoms. The minimum absolute atomic E-state index is 0.772. The Morgan fingerprint density at radius 3 is 3.20 bits per heavy atom. The number of hydrogen-bond acceptors (Lipinski definition) is 1. The van der Waals surface area contributed by atoms with E-state index in [0.717, 1.165) is 0 Å². The van der Waals surface area contributed by atoms with Crippen LogP contribution in [0, 0.1) is 0 Å². The molecule has 0 aliphatic rings. The van der Waals surface area contributed by atoms with Crippen molar-refractivity contribution in [3.8, 4) is 0 Å². The standard InChI is InChI=1S/C3H3ClO/c1-2-3(4)5/h2H,1H2/i1D2,2D. The molecule has 0 spiro atoms. The minimum Gasteiger partial charge on any atom is -0.276 e. The van der Waals surface area contributed by atoms with Crippen LogP contribution in [0.3, 0.4) is 0 Å². The molecule has 5 heavy (non-hydrogen) atoms. The highest BCUT2D eigenvalue weighted by Gasteiger charge is 1.74. The molecular formula is C3H3ClO. The van der Waals surface area contributed by atoms with Crippen molar-refractivity contribution in [1.82, 2.24) is 0 Å². The van der Waals surface area contributed by atoms with E-state index >= 15 is 0 Å². The Morgan fingerprint density at radius 1 is 2.60 bits per heavy atom. The molecule has 0 aromatic heterocycles. The van der Waals surface area contributed by atoms with Gasteiger partial charge in [-0.2, -0.15) is 0 Å². The van der Waals surface area contributed by atoms with Gasteiger partial charge in [-0.1, -0.05) is 6.53 Å². The molecule has 0 aromatic rings. The molecule has 0 aliphatic carbocycles. The lowest BCUT2D eigenvalue weighted by atomic mass is 10.7. The Kier molecular flexibility index (Phi) is 0.565. The molecule has 0 fully saturated rings. The summed E-state index contributed by atoms with van der Waals surface area (Å²) >= 11 is 4.70. The number of allylic oxidation sites excluding steroid dienone is 1. The van der Waals surface area contributed by atoms with Crippen molar-refractivity contribution in [2.45, 2.75) is 0 Å². The first-order chi connectivity index (χ1) is 3.55. The lowest BCUT2D eigenvalue weighted by molar-refractivity contribution is -0.107. The summed E-state index contributed by atoms with van der Waals surface area (Å²) in [7, 11) is 0. The Hall–Kier alpha value is -0.300. The maximum Gasteiger partial charge on any atom is 0.244 e. The van der Waals surface area contributed by atoms with Gasteiger partial charge in [0.25, 0.3) is 0 Å². The number of carbonyl (C=O) groups is 1. The maximum absolute atomic E-state index is 9.87. The van der Waals surface area contributed by atoms with Gasteiger partial charge in [0.05, 0.1) is 4.11 Å². The van der Waals surface area contributed by atoms with Gasteiger partial charge >= 0.3 is 0 Å². The van der Waals surface area contributed by atoms with Crippen LogP contribution in [0.2, 0.25) is 0 Å². The molecule has 0 saturated carbocycles. The lowest BCUT2D eigenvalue weighted by Gasteiger charge is -1.59. The summed E-state index contributed by atoms with van der Waals surface area (Å²) in [5, 5.41) is -1.06. The second kappa shape index (κ2) is 1.97. The summed E-state index contributed by atoms with van der Waals surface area (Å²) in [5.74, 6) is 0. The van der Waals surface area contributed by atoms with Gasteiger partial charge in [0.1, 0.15) is 0 Å². The quantitative estimate of drug-likeness (QED) is 0.348. The fourth-order valence-corrected chi connectivity index (χ4v) is 0. The Labute approximate surface area is 39.5 Å². The Balaban J connectivity index is 4.23. The largest absolute Gasteiger partial charge is 0.276 e. The van der Waals surface area contributed by atoms with E-state index < -0.39 is 17.8 Å². The van der Waals surface area contributed by atoms with Crippen molar-refractivity contribution >= 4 is 16.8 Å². The number of halogens is 1. The molecule has 0 rings (SSSR count). The normalized spacial score (nSPS) is 14.2. The Bertz CT molecular complexity index is 137.